The Morgan fingerprint density at radius 3 is 2.61 bits per heavy atom. The maximum atomic E-state index is 9.41. The molecule has 0 fully saturated rings. The lowest BCUT2D eigenvalue weighted by Gasteiger charge is -2.24. The molecule has 2 nitrogen and oxygen atoms in total. The minimum absolute atomic E-state index is 0.835. The lowest BCUT2D eigenvalue weighted by atomic mass is 10.1. The van der Waals surface area contributed by atoms with Crippen LogP contribution < -0.4 is 4.90 Å². The number of nitrogens with zero attached hydrogens (tertiary/aromatic N) is 2. The van der Waals surface area contributed by atoms with Crippen LogP contribution in [0.2, 0.25) is 0 Å². The van der Waals surface area contributed by atoms with Crippen LogP contribution in [0.3, 0.4) is 0 Å². The van der Waals surface area contributed by atoms with Crippen LogP contribution in [0.4, 0.5) is 5.69 Å². The third kappa shape index (κ3) is 3.68. The number of hydrogen-bond donors (Lipinski definition) is 0. The van der Waals surface area contributed by atoms with Crippen LogP contribution in [0.5, 0.6) is 0 Å². The molecule has 0 spiro atoms. The number of unbranched alkanes of at least 4 members (excludes halogenated alkanes) is 1. The van der Waals surface area contributed by atoms with E-state index in [2.05, 4.69) is 43.9 Å². The summed E-state index contributed by atoms with van der Waals surface area (Å²) in [6.45, 7) is 8.45. The van der Waals surface area contributed by atoms with Gasteiger partial charge in [-0.15, -0.1) is 11.8 Å². The van der Waals surface area contributed by atoms with E-state index in [-0.39, 0.29) is 0 Å². The van der Waals surface area contributed by atoms with E-state index in [1.165, 1.54) is 12.8 Å². The van der Waals surface area contributed by atoms with Crippen LogP contribution in [0, 0.1) is 11.3 Å². The number of rotatable bonds is 7. The Labute approximate surface area is 115 Å². The van der Waals surface area contributed by atoms with Crippen molar-refractivity contribution in [3.05, 3.63) is 23.8 Å². The second-order valence-corrected chi connectivity index (χ2v) is 5.43. The minimum atomic E-state index is 0.835. The predicted molar refractivity (Wildman–Crippen MR) is 80.4 cm³/mol. The highest BCUT2D eigenvalue weighted by atomic mass is 32.2. The van der Waals surface area contributed by atoms with Crippen LogP contribution >= 0.6 is 11.8 Å². The summed E-state index contributed by atoms with van der Waals surface area (Å²) in [6.07, 6.45) is 2.35. The topological polar surface area (TPSA) is 27.0 Å². The lowest BCUT2D eigenvalue weighted by molar-refractivity contribution is 0.731. The molecule has 0 saturated heterocycles. The molecule has 0 N–H and O–H groups in total. The summed E-state index contributed by atoms with van der Waals surface area (Å²) < 4.78 is 0. The fourth-order valence-corrected chi connectivity index (χ4v) is 2.75. The number of benzene rings is 1. The van der Waals surface area contributed by atoms with Crippen molar-refractivity contribution < 1.29 is 0 Å². The molecule has 0 aliphatic carbocycles. The van der Waals surface area contributed by atoms with Gasteiger partial charge in [0.15, 0.2) is 0 Å². The zero-order valence-electron chi connectivity index (χ0n) is 11.6. The Hall–Kier alpha value is -1.14. The number of thioether (sulfide) groups is 1. The molecule has 98 valence electrons. The molecule has 0 radical (unpaired) electrons. The third-order valence-electron chi connectivity index (χ3n) is 2.92. The fraction of sp³-hybridized carbons (Fsp3) is 0.533. The van der Waals surface area contributed by atoms with Crippen molar-refractivity contribution in [1.82, 2.24) is 0 Å². The van der Waals surface area contributed by atoms with Gasteiger partial charge in [-0.05, 0) is 31.2 Å². The molecule has 0 aromatic heterocycles. The van der Waals surface area contributed by atoms with Crippen LogP contribution in [0.1, 0.15) is 39.2 Å². The van der Waals surface area contributed by atoms with Crippen molar-refractivity contribution in [1.29, 1.82) is 5.26 Å². The normalized spacial score (nSPS) is 10.1. The summed E-state index contributed by atoms with van der Waals surface area (Å²) in [4.78, 5) is 3.41. The number of anilines is 1. The molecule has 1 aromatic rings. The molecule has 1 rings (SSSR count). The molecule has 3 heteroatoms. The summed E-state index contributed by atoms with van der Waals surface area (Å²) in [7, 11) is 0. The van der Waals surface area contributed by atoms with Gasteiger partial charge in [0.2, 0.25) is 0 Å². The van der Waals surface area contributed by atoms with E-state index < -0.39 is 0 Å². The van der Waals surface area contributed by atoms with Gasteiger partial charge in [-0.3, -0.25) is 0 Å². The van der Waals surface area contributed by atoms with E-state index in [0.717, 1.165) is 35.0 Å². The molecule has 0 saturated carbocycles. The summed E-state index contributed by atoms with van der Waals surface area (Å²) in [5.41, 5.74) is 1.93. The molecule has 0 atom stereocenters. The van der Waals surface area contributed by atoms with E-state index in [1.54, 1.807) is 11.8 Å². The molecule has 18 heavy (non-hydrogen) atoms. The van der Waals surface area contributed by atoms with Crippen LogP contribution in [-0.2, 0) is 0 Å². The summed E-state index contributed by atoms with van der Waals surface area (Å²) in [6, 6.07) is 8.55. The molecule has 0 heterocycles. The van der Waals surface area contributed by atoms with Gasteiger partial charge in [0.1, 0.15) is 6.07 Å². The Balaban J connectivity index is 3.06. The Kier molecular flexibility index (Phi) is 6.67. The number of nitriles is 1. The second-order valence-electron chi connectivity index (χ2n) is 4.13. The zero-order chi connectivity index (χ0) is 13.4. The Bertz CT molecular complexity index is 409. The largest absolute Gasteiger partial charge is 0.371 e. The third-order valence-corrected chi connectivity index (χ3v) is 3.86. The zero-order valence-corrected chi connectivity index (χ0v) is 12.4. The van der Waals surface area contributed by atoms with E-state index in [1.807, 2.05) is 6.07 Å². The van der Waals surface area contributed by atoms with Gasteiger partial charge < -0.3 is 4.90 Å². The summed E-state index contributed by atoms with van der Waals surface area (Å²) >= 11 is 1.74. The SMILES string of the molecule is CCCCN(CC)c1cccc(SCC)c1C#N. The molecular formula is C15H22N2S. The first-order chi connectivity index (χ1) is 8.78. The van der Waals surface area contributed by atoms with Crippen molar-refractivity contribution in [2.75, 3.05) is 23.7 Å². The fourth-order valence-electron chi connectivity index (χ4n) is 1.97. The van der Waals surface area contributed by atoms with E-state index in [0.29, 0.717) is 0 Å². The van der Waals surface area contributed by atoms with Gasteiger partial charge in [0, 0.05) is 18.0 Å². The smallest absolute Gasteiger partial charge is 0.103 e. The highest BCUT2D eigenvalue weighted by Crippen LogP contribution is 2.30. The average Bonchev–Trinajstić information content (AvgIpc) is 2.40. The highest BCUT2D eigenvalue weighted by molar-refractivity contribution is 7.99. The van der Waals surface area contributed by atoms with Gasteiger partial charge in [0.25, 0.3) is 0 Å². The summed E-state index contributed by atoms with van der Waals surface area (Å²) in [5.74, 6) is 0.999. The standard InChI is InChI=1S/C15H22N2S/c1-4-7-11-17(5-2)14-9-8-10-15(18-6-3)13(14)12-16/h8-10H,4-7,11H2,1-3H3. The Morgan fingerprint density at radius 1 is 1.28 bits per heavy atom. The van der Waals surface area contributed by atoms with Gasteiger partial charge in [-0.1, -0.05) is 26.3 Å². The van der Waals surface area contributed by atoms with Crippen molar-refractivity contribution in [3.8, 4) is 6.07 Å². The molecule has 0 amide bonds. The summed E-state index contributed by atoms with van der Waals surface area (Å²) in [5, 5.41) is 9.41. The molecule has 0 aliphatic rings. The van der Waals surface area contributed by atoms with Crippen molar-refractivity contribution >= 4 is 17.4 Å². The first-order valence-electron chi connectivity index (χ1n) is 6.69. The molecule has 0 bridgehead atoms. The highest BCUT2D eigenvalue weighted by Gasteiger charge is 2.12. The first kappa shape index (κ1) is 14.9. The van der Waals surface area contributed by atoms with E-state index in [9.17, 15) is 5.26 Å². The van der Waals surface area contributed by atoms with Crippen LogP contribution in [0.25, 0.3) is 0 Å². The quantitative estimate of drug-likeness (QED) is 0.686. The van der Waals surface area contributed by atoms with Gasteiger partial charge in [-0.25, -0.2) is 0 Å². The van der Waals surface area contributed by atoms with Crippen molar-refractivity contribution in [2.45, 2.75) is 38.5 Å². The first-order valence-corrected chi connectivity index (χ1v) is 7.67. The second kappa shape index (κ2) is 8.05. The molecule has 0 aliphatic heterocycles. The van der Waals surface area contributed by atoms with Crippen LogP contribution in [-0.4, -0.2) is 18.8 Å². The lowest BCUT2D eigenvalue weighted by Crippen LogP contribution is -2.24. The van der Waals surface area contributed by atoms with Gasteiger partial charge >= 0.3 is 0 Å². The van der Waals surface area contributed by atoms with Crippen LogP contribution in [0.15, 0.2) is 23.1 Å². The predicted octanol–water partition coefficient (Wildman–Crippen LogP) is 4.30. The monoisotopic (exact) mass is 262 g/mol. The average molecular weight is 262 g/mol. The molecular weight excluding hydrogens is 240 g/mol. The number of hydrogen-bond acceptors (Lipinski definition) is 3. The molecule has 1 aromatic carbocycles. The van der Waals surface area contributed by atoms with E-state index >= 15 is 0 Å². The van der Waals surface area contributed by atoms with Gasteiger partial charge in [0.05, 0.1) is 11.3 Å². The van der Waals surface area contributed by atoms with Crippen molar-refractivity contribution in [2.24, 2.45) is 0 Å². The van der Waals surface area contributed by atoms with Gasteiger partial charge in [-0.2, -0.15) is 5.26 Å². The maximum Gasteiger partial charge on any atom is 0.103 e. The van der Waals surface area contributed by atoms with Crippen molar-refractivity contribution in [3.63, 3.8) is 0 Å². The maximum absolute atomic E-state index is 9.41. The Morgan fingerprint density at radius 2 is 2.06 bits per heavy atom. The minimum Gasteiger partial charge on any atom is -0.371 e. The van der Waals surface area contributed by atoms with E-state index in [4.69, 9.17) is 0 Å². The molecule has 0 unspecified atom stereocenters.